The smallest absolute Gasteiger partial charge is 0.418 e. The summed E-state index contributed by atoms with van der Waals surface area (Å²) in [6.07, 6.45) is -9.59. The summed E-state index contributed by atoms with van der Waals surface area (Å²) < 4.78 is 68.0. The molecule has 1 aromatic carbocycles. The summed E-state index contributed by atoms with van der Waals surface area (Å²) in [6.45, 7) is -0.252. The average molecular weight is 492 g/mol. The molecule has 4 atom stereocenters. The van der Waals surface area contributed by atoms with Gasteiger partial charge in [0.15, 0.2) is 12.4 Å². The van der Waals surface area contributed by atoms with E-state index in [1.54, 1.807) is 25.2 Å². The van der Waals surface area contributed by atoms with Crippen LogP contribution in [0.2, 0.25) is 0 Å². The Labute approximate surface area is 195 Å². The van der Waals surface area contributed by atoms with Crippen LogP contribution in [0.1, 0.15) is 11.8 Å². The fourth-order valence-electron chi connectivity index (χ4n) is 4.09. The van der Waals surface area contributed by atoms with Gasteiger partial charge in [0, 0.05) is 24.7 Å². The van der Waals surface area contributed by atoms with Crippen molar-refractivity contribution in [3.05, 3.63) is 48.4 Å². The zero-order valence-corrected chi connectivity index (χ0v) is 18.2. The first-order chi connectivity index (χ1) is 16.7. The highest BCUT2D eigenvalue weighted by atomic mass is 19.4. The maximum Gasteiger partial charge on any atom is 0.418 e. The molecular formula is C22H20F4N6O3. The number of benzene rings is 1. The third kappa shape index (κ3) is 4.06. The SMILES string of the molecule is CNc1ccc2ccc(OC[C@H]3O[C@@H](n4cc(C(F)(F)F)c5c(N)ncnc54)[C@@H](F)[C@@H]3O)cc2n1. The number of nitrogens with one attached hydrogen (secondary N) is 1. The lowest BCUT2D eigenvalue weighted by Crippen LogP contribution is -2.32. The average Bonchev–Trinajstić information content (AvgIpc) is 3.36. The number of ether oxygens (including phenoxy) is 2. The van der Waals surface area contributed by atoms with E-state index in [1.165, 1.54) is 0 Å². The maximum atomic E-state index is 15.0. The minimum absolute atomic E-state index is 0.252. The van der Waals surface area contributed by atoms with E-state index in [-0.39, 0.29) is 12.3 Å². The molecule has 0 radical (unpaired) electrons. The van der Waals surface area contributed by atoms with E-state index in [1.807, 2.05) is 12.1 Å². The fourth-order valence-corrected chi connectivity index (χ4v) is 4.09. The number of anilines is 2. The first-order valence-electron chi connectivity index (χ1n) is 10.5. The third-order valence-corrected chi connectivity index (χ3v) is 5.85. The van der Waals surface area contributed by atoms with Crippen molar-refractivity contribution in [2.75, 3.05) is 24.7 Å². The predicted octanol–water partition coefficient (Wildman–Crippen LogP) is 3.30. The van der Waals surface area contributed by atoms with Gasteiger partial charge in [0.25, 0.3) is 0 Å². The molecule has 0 spiro atoms. The number of aliphatic hydroxyl groups is 1. The van der Waals surface area contributed by atoms with Crippen LogP contribution in [0.15, 0.2) is 42.9 Å². The number of hydrogen-bond donors (Lipinski definition) is 3. The molecule has 13 heteroatoms. The molecule has 9 nitrogen and oxygen atoms in total. The number of halogens is 4. The summed E-state index contributed by atoms with van der Waals surface area (Å²) in [5.41, 5.74) is 4.92. The van der Waals surface area contributed by atoms with Gasteiger partial charge in [0.1, 0.15) is 48.2 Å². The summed E-state index contributed by atoms with van der Waals surface area (Å²) >= 11 is 0. The van der Waals surface area contributed by atoms with Crippen molar-refractivity contribution in [2.45, 2.75) is 30.8 Å². The molecule has 4 N–H and O–H groups in total. The lowest BCUT2D eigenvalue weighted by Gasteiger charge is -2.17. The van der Waals surface area contributed by atoms with Crippen LogP contribution in [-0.4, -0.2) is 56.7 Å². The van der Waals surface area contributed by atoms with Gasteiger partial charge >= 0.3 is 6.18 Å². The number of nitrogens with zero attached hydrogens (tertiary/aromatic N) is 4. The van der Waals surface area contributed by atoms with Gasteiger partial charge in [-0.25, -0.2) is 19.3 Å². The molecule has 1 aliphatic rings. The van der Waals surface area contributed by atoms with E-state index in [0.29, 0.717) is 23.3 Å². The standard InChI is InChI=1S/C22H20F4N6O3/c1-28-15-5-3-10-2-4-11(6-13(10)31-15)34-8-14-18(33)17(23)21(35-14)32-7-12(22(24,25)26)16-19(27)29-9-30-20(16)32/h2-7,9,14,17-18,21,33H,8H2,1H3,(H,28,31)(H2,27,29,30)/t14-,17+,18-,21-/m1/s1. The van der Waals surface area contributed by atoms with Gasteiger partial charge < -0.3 is 30.2 Å². The molecule has 3 aromatic heterocycles. The lowest BCUT2D eigenvalue weighted by molar-refractivity contribution is -0.136. The highest BCUT2D eigenvalue weighted by Gasteiger charge is 2.47. The van der Waals surface area contributed by atoms with Crippen LogP contribution < -0.4 is 15.8 Å². The summed E-state index contributed by atoms with van der Waals surface area (Å²) in [5.74, 6) is 0.661. The molecular weight excluding hydrogens is 472 g/mol. The van der Waals surface area contributed by atoms with Gasteiger partial charge in [0.05, 0.1) is 16.5 Å². The Hall–Kier alpha value is -3.71. The number of pyridine rings is 1. The van der Waals surface area contributed by atoms with Gasteiger partial charge in [-0.2, -0.15) is 13.2 Å². The van der Waals surface area contributed by atoms with Crippen molar-refractivity contribution in [3.8, 4) is 5.75 Å². The van der Waals surface area contributed by atoms with Gasteiger partial charge in [0.2, 0.25) is 0 Å². The number of alkyl halides is 4. The molecule has 5 rings (SSSR count). The molecule has 4 heterocycles. The van der Waals surface area contributed by atoms with Gasteiger partial charge in [-0.15, -0.1) is 0 Å². The molecule has 35 heavy (non-hydrogen) atoms. The van der Waals surface area contributed by atoms with Crippen LogP contribution in [0.5, 0.6) is 5.75 Å². The topological polar surface area (TPSA) is 120 Å². The molecule has 1 aliphatic heterocycles. The van der Waals surface area contributed by atoms with Crippen molar-refractivity contribution < 1.29 is 32.1 Å². The predicted molar refractivity (Wildman–Crippen MR) is 119 cm³/mol. The van der Waals surface area contributed by atoms with E-state index in [2.05, 4.69) is 20.3 Å². The monoisotopic (exact) mass is 492 g/mol. The van der Waals surface area contributed by atoms with Gasteiger partial charge in [-0.3, -0.25) is 0 Å². The molecule has 0 unspecified atom stereocenters. The summed E-state index contributed by atoms with van der Waals surface area (Å²) in [5, 5.41) is 13.8. The maximum absolute atomic E-state index is 15.0. The number of aromatic nitrogens is 4. The normalized spacial score (nSPS) is 22.7. The Bertz CT molecular complexity index is 1400. The van der Waals surface area contributed by atoms with Crippen LogP contribution in [0.25, 0.3) is 21.9 Å². The van der Waals surface area contributed by atoms with Crippen molar-refractivity contribution in [2.24, 2.45) is 0 Å². The van der Waals surface area contributed by atoms with Crippen molar-refractivity contribution in [1.29, 1.82) is 0 Å². The Morgan fingerprint density at radius 3 is 2.74 bits per heavy atom. The summed E-state index contributed by atoms with van der Waals surface area (Å²) in [7, 11) is 1.74. The molecule has 1 saturated heterocycles. The fraction of sp³-hybridized carbons (Fsp3) is 0.318. The van der Waals surface area contributed by atoms with Crippen LogP contribution >= 0.6 is 0 Å². The number of fused-ring (bicyclic) bond motifs is 2. The molecule has 184 valence electrons. The number of rotatable bonds is 5. The summed E-state index contributed by atoms with van der Waals surface area (Å²) in [4.78, 5) is 11.9. The van der Waals surface area contributed by atoms with Crippen LogP contribution in [0.4, 0.5) is 29.2 Å². The van der Waals surface area contributed by atoms with Gasteiger partial charge in [-0.05, 0) is 24.3 Å². The Morgan fingerprint density at radius 2 is 2.00 bits per heavy atom. The molecule has 4 aromatic rings. The van der Waals surface area contributed by atoms with Crippen molar-refractivity contribution >= 4 is 33.6 Å². The molecule has 1 fully saturated rings. The number of nitrogens with two attached hydrogens (primary N) is 1. The second-order valence-electron chi connectivity index (χ2n) is 8.02. The van der Waals surface area contributed by atoms with E-state index in [0.717, 1.165) is 16.3 Å². The second kappa shape index (κ2) is 8.50. The third-order valence-electron chi connectivity index (χ3n) is 5.85. The Balaban J connectivity index is 1.39. The van der Waals surface area contributed by atoms with E-state index in [9.17, 15) is 18.3 Å². The molecule has 0 aliphatic carbocycles. The quantitative estimate of drug-likeness (QED) is 0.363. The Kier molecular flexibility index (Phi) is 5.60. The van der Waals surface area contributed by atoms with E-state index in [4.69, 9.17) is 15.2 Å². The molecule has 0 bridgehead atoms. The first kappa shape index (κ1) is 23.1. The number of nitrogen functional groups attached to an aromatic ring is 1. The largest absolute Gasteiger partial charge is 0.491 e. The van der Waals surface area contributed by atoms with Crippen LogP contribution in [0.3, 0.4) is 0 Å². The molecule has 0 saturated carbocycles. The highest BCUT2D eigenvalue weighted by molar-refractivity contribution is 5.90. The second-order valence-corrected chi connectivity index (χ2v) is 8.02. The van der Waals surface area contributed by atoms with Crippen molar-refractivity contribution in [1.82, 2.24) is 19.5 Å². The zero-order valence-electron chi connectivity index (χ0n) is 18.2. The van der Waals surface area contributed by atoms with Crippen molar-refractivity contribution in [3.63, 3.8) is 0 Å². The zero-order chi connectivity index (χ0) is 24.9. The number of aliphatic hydroxyl groups excluding tert-OH is 1. The lowest BCUT2D eigenvalue weighted by atomic mass is 10.1. The minimum Gasteiger partial charge on any atom is -0.491 e. The van der Waals surface area contributed by atoms with E-state index >= 15 is 4.39 Å². The summed E-state index contributed by atoms with van der Waals surface area (Å²) in [6, 6.07) is 8.85. The number of hydrogen-bond acceptors (Lipinski definition) is 8. The Morgan fingerprint density at radius 1 is 1.23 bits per heavy atom. The van der Waals surface area contributed by atoms with Gasteiger partial charge in [-0.1, -0.05) is 0 Å². The van der Waals surface area contributed by atoms with Crippen LogP contribution in [-0.2, 0) is 10.9 Å². The van der Waals surface area contributed by atoms with Crippen LogP contribution in [0, 0.1) is 0 Å². The highest BCUT2D eigenvalue weighted by Crippen LogP contribution is 2.41. The molecule has 0 amide bonds. The van der Waals surface area contributed by atoms with E-state index < -0.39 is 47.6 Å². The first-order valence-corrected chi connectivity index (χ1v) is 10.5. The minimum atomic E-state index is -4.79.